The normalized spacial score (nSPS) is 11.2. The van der Waals surface area contributed by atoms with Gasteiger partial charge < -0.3 is 9.88 Å². The van der Waals surface area contributed by atoms with Crippen LogP contribution in [0.15, 0.2) is 53.3 Å². The minimum atomic E-state index is -0.217. The molecule has 0 saturated carbocycles. The number of fused-ring (bicyclic) bond motifs is 1. The quantitative estimate of drug-likeness (QED) is 0.648. The van der Waals surface area contributed by atoms with Crippen molar-refractivity contribution in [3.63, 3.8) is 0 Å². The number of nitrogens with one attached hydrogen (secondary N) is 1. The zero-order chi connectivity index (χ0) is 19.4. The standard InChI is InChI=1S/C20H17Cl2N3O2/c1-2-25(19(26)10-8-13-7-9-15(21)16(22)11-13)12-18-23-17-6-4-3-5-14(17)20(27)24-18/h3-11H,2,12H2,1H3,(H,23,24,27)/b10-8+. The highest BCUT2D eigenvalue weighted by atomic mass is 35.5. The summed E-state index contributed by atoms with van der Waals surface area (Å²) in [6.45, 7) is 2.55. The minimum Gasteiger partial charge on any atom is -0.332 e. The van der Waals surface area contributed by atoms with E-state index in [1.54, 1.807) is 47.4 Å². The second-order valence-corrected chi connectivity index (χ2v) is 6.70. The first-order chi connectivity index (χ1) is 13.0. The van der Waals surface area contributed by atoms with Crippen molar-refractivity contribution in [1.29, 1.82) is 0 Å². The largest absolute Gasteiger partial charge is 0.332 e. The molecule has 2 aromatic carbocycles. The number of likely N-dealkylation sites (N-methyl/N-ethyl adjacent to an activating group) is 1. The smallest absolute Gasteiger partial charge is 0.258 e. The molecule has 1 heterocycles. The zero-order valence-corrected chi connectivity index (χ0v) is 16.1. The van der Waals surface area contributed by atoms with Gasteiger partial charge in [-0.05, 0) is 42.8 Å². The maximum absolute atomic E-state index is 12.5. The first-order valence-corrected chi connectivity index (χ1v) is 9.13. The fourth-order valence-electron chi connectivity index (χ4n) is 2.63. The van der Waals surface area contributed by atoms with Gasteiger partial charge in [-0.25, -0.2) is 4.98 Å². The van der Waals surface area contributed by atoms with Crippen LogP contribution >= 0.6 is 23.2 Å². The van der Waals surface area contributed by atoms with Gasteiger partial charge in [-0.3, -0.25) is 9.59 Å². The first-order valence-electron chi connectivity index (χ1n) is 8.38. The van der Waals surface area contributed by atoms with E-state index in [4.69, 9.17) is 23.2 Å². The highest BCUT2D eigenvalue weighted by Crippen LogP contribution is 2.23. The molecule has 0 unspecified atom stereocenters. The third kappa shape index (κ3) is 4.56. The molecule has 0 atom stereocenters. The average Bonchev–Trinajstić information content (AvgIpc) is 2.67. The predicted octanol–water partition coefficient (Wildman–Crippen LogP) is 4.29. The Kier molecular flexibility index (Phi) is 5.94. The highest BCUT2D eigenvalue weighted by Gasteiger charge is 2.12. The van der Waals surface area contributed by atoms with Gasteiger partial charge in [0.05, 0.1) is 27.5 Å². The molecule has 0 fully saturated rings. The summed E-state index contributed by atoms with van der Waals surface area (Å²) in [6.07, 6.45) is 3.13. The van der Waals surface area contributed by atoms with Crippen LogP contribution in [-0.2, 0) is 11.3 Å². The number of carbonyl (C=O) groups is 1. The van der Waals surface area contributed by atoms with E-state index in [0.717, 1.165) is 5.56 Å². The van der Waals surface area contributed by atoms with Gasteiger partial charge in [0.1, 0.15) is 5.82 Å². The lowest BCUT2D eigenvalue weighted by molar-refractivity contribution is -0.126. The number of aromatic nitrogens is 2. The number of hydrogen-bond acceptors (Lipinski definition) is 3. The SMILES string of the molecule is CCN(Cc1nc2ccccc2c(=O)[nH]1)C(=O)/C=C/c1ccc(Cl)c(Cl)c1. The molecule has 7 heteroatoms. The van der Waals surface area contributed by atoms with Crippen LogP contribution in [0.25, 0.3) is 17.0 Å². The Morgan fingerprint density at radius 1 is 1.19 bits per heavy atom. The summed E-state index contributed by atoms with van der Waals surface area (Å²) >= 11 is 11.9. The van der Waals surface area contributed by atoms with Gasteiger partial charge in [0.25, 0.3) is 5.56 Å². The molecule has 0 aliphatic rings. The number of amides is 1. The van der Waals surface area contributed by atoms with Gasteiger partial charge >= 0.3 is 0 Å². The van der Waals surface area contributed by atoms with Gasteiger partial charge in [0.2, 0.25) is 5.91 Å². The van der Waals surface area contributed by atoms with E-state index in [1.165, 1.54) is 6.08 Å². The topological polar surface area (TPSA) is 66.1 Å². The third-order valence-electron chi connectivity index (χ3n) is 4.06. The van der Waals surface area contributed by atoms with E-state index in [0.29, 0.717) is 33.3 Å². The molecule has 1 N–H and O–H groups in total. The molecule has 5 nitrogen and oxygen atoms in total. The number of benzene rings is 2. The molecule has 3 rings (SSSR count). The van der Waals surface area contributed by atoms with Gasteiger partial charge in [-0.1, -0.05) is 41.4 Å². The summed E-state index contributed by atoms with van der Waals surface area (Å²) < 4.78 is 0. The number of para-hydroxylation sites is 1. The Morgan fingerprint density at radius 2 is 1.96 bits per heavy atom. The molecule has 0 radical (unpaired) electrons. The Bertz CT molecular complexity index is 1080. The number of hydrogen-bond donors (Lipinski definition) is 1. The molecule has 0 aliphatic carbocycles. The fourth-order valence-corrected chi connectivity index (χ4v) is 2.93. The molecule has 1 aromatic heterocycles. The summed E-state index contributed by atoms with van der Waals surface area (Å²) in [7, 11) is 0. The van der Waals surface area contributed by atoms with E-state index < -0.39 is 0 Å². The van der Waals surface area contributed by atoms with Crippen LogP contribution < -0.4 is 5.56 Å². The summed E-state index contributed by atoms with van der Waals surface area (Å²) in [6, 6.07) is 12.2. The summed E-state index contributed by atoms with van der Waals surface area (Å²) in [5.74, 6) is 0.246. The van der Waals surface area contributed by atoms with E-state index in [-0.39, 0.29) is 18.0 Å². The lowest BCUT2D eigenvalue weighted by Gasteiger charge is -2.18. The summed E-state index contributed by atoms with van der Waals surface area (Å²) in [4.78, 5) is 33.5. The second kappa shape index (κ2) is 8.37. The van der Waals surface area contributed by atoms with Gasteiger partial charge in [0.15, 0.2) is 0 Å². The second-order valence-electron chi connectivity index (χ2n) is 5.89. The molecule has 27 heavy (non-hydrogen) atoms. The monoisotopic (exact) mass is 401 g/mol. The van der Waals surface area contributed by atoms with E-state index in [2.05, 4.69) is 9.97 Å². The molecule has 0 aliphatic heterocycles. The van der Waals surface area contributed by atoms with E-state index in [9.17, 15) is 9.59 Å². The predicted molar refractivity (Wildman–Crippen MR) is 109 cm³/mol. The van der Waals surface area contributed by atoms with Crippen LogP contribution in [0, 0.1) is 0 Å². The van der Waals surface area contributed by atoms with Crippen molar-refractivity contribution in [2.75, 3.05) is 6.54 Å². The van der Waals surface area contributed by atoms with E-state index in [1.807, 2.05) is 13.0 Å². The Morgan fingerprint density at radius 3 is 2.70 bits per heavy atom. The van der Waals surface area contributed by atoms with Gasteiger partial charge in [-0.15, -0.1) is 0 Å². The molecule has 0 saturated heterocycles. The highest BCUT2D eigenvalue weighted by molar-refractivity contribution is 6.42. The summed E-state index contributed by atoms with van der Waals surface area (Å²) in [5, 5.41) is 1.41. The van der Waals surface area contributed by atoms with Crippen molar-refractivity contribution in [3.05, 3.63) is 80.3 Å². The third-order valence-corrected chi connectivity index (χ3v) is 4.80. The van der Waals surface area contributed by atoms with Crippen LogP contribution in [0.4, 0.5) is 0 Å². The molecule has 3 aromatic rings. The van der Waals surface area contributed by atoms with Crippen LogP contribution in [0.1, 0.15) is 18.3 Å². The Balaban J connectivity index is 1.78. The lowest BCUT2D eigenvalue weighted by Crippen LogP contribution is -2.30. The van der Waals surface area contributed by atoms with Crippen LogP contribution in [-0.4, -0.2) is 27.3 Å². The van der Waals surface area contributed by atoms with Crippen LogP contribution in [0.3, 0.4) is 0 Å². The van der Waals surface area contributed by atoms with Crippen molar-refractivity contribution in [1.82, 2.24) is 14.9 Å². The molecule has 1 amide bonds. The van der Waals surface area contributed by atoms with Crippen molar-refractivity contribution >= 4 is 46.1 Å². The Labute approximate surface area is 166 Å². The van der Waals surface area contributed by atoms with Crippen LogP contribution in [0.2, 0.25) is 10.0 Å². The Hall–Kier alpha value is -2.63. The minimum absolute atomic E-state index is 0.195. The number of carbonyl (C=O) groups excluding carboxylic acids is 1. The summed E-state index contributed by atoms with van der Waals surface area (Å²) in [5.41, 5.74) is 1.16. The van der Waals surface area contributed by atoms with Crippen molar-refractivity contribution in [2.24, 2.45) is 0 Å². The fraction of sp³-hybridized carbons (Fsp3) is 0.150. The maximum Gasteiger partial charge on any atom is 0.258 e. The van der Waals surface area contributed by atoms with Crippen molar-refractivity contribution in [2.45, 2.75) is 13.5 Å². The van der Waals surface area contributed by atoms with Gasteiger partial charge in [0, 0.05) is 12.6 Å². The first kappa shape index (κ1) is 19.1. The number of nitrogens with zero attached hydrogens (tertiary/aromatic N) is 2. The number of rotatable bonds is 5. The average molecular weight is 402 g/mol. The molecule has 0 spiro atoms. The van der Waals surface area contributed by atoms with Crippen molar-refractivity contribution < 1.29 is 4.79 Å². The molecular weight excluding hydrogens is 385 g/mol. The lowest BCUT2D eigenvalue weighted by atomic mass is 10.2. The molecule has 0 bridgehead atoms. The number of aromatic amines is 1. The number of H-pyrrole nitrogens is 1. The molecule has 138 valence electrons. The maximum atomic E-state index is 12.5. The van der Waals surface area contributed by atoms with Gasteiger partial charge in [-0.2, -0.15) is 0 Å². The number of halogens is 2. The zero-order valence-electron chi connectivity index (χ0n) is 14.6. The molecular formula is C20H17Cl2N3O2. The van der Waals surface area contributed by atoms with Crippen molar-refractivity contribution in [3.8, 4) is 0 Å². The van der Waals surface area contributed by atoms with E-state index >= 15 is 0 Å². The van der Waals surface area contributed by atoms with Crippen LogP contribution in [0.5, 0.6) is 0 Å².